The van der Waals surface area contributed by atoms with Crippen molar-refractivity contribution in [2.75, 3.05) is 32.7 Å². The lowest BCUT2D eigenvalue weighted by Gasteiger charge is -2.44. The molecule has 0 bridgehead atoms. The number of benzene rings is 1. The molecule has 3 nitrogen and oxygen atoms in total. The van der Waals surface area contributed by atoms with Gasteiger partial charge in [-0.15, -0.1) is 0 Å². The van der Waals surface area contributed by atoms with Crippen LogP contribution in [0.3, 0.4) is 0 Å². The summed E-state index contributed by atoms with van der Waals surface area (Å²) in [6.45, 7) is 7.54. The highest BCUT2D eigenvalue weighted by molar-refractivity contribution is 5.22. The molecule has 2 aliphatic heterocycles. The highest BCUT2D eigenvalue weighted by Gasteiger charge is 2.33. The number of piperazine rings is 1. The predicted molar refractivity (Wildman–Crippen MR) is 83.8 cm³/mol. The molecule has 0 unspecified atom stereocenters. The van der Waals surface area contributed by atoms with Crippen LogP contribution in [0.25, 0.3) is 0 Å². The van der Waals surface area contributed by atoms with E-state index in [1.54, 1.807) is 12.1 Å². The molecule has 0 radical (unpaired) electrons. The van der Waals surface area contributed by atoms with Crippen LogP contribution < -0.4 is 10.6 Å². The molecule has 0 aliphatic carbocycles. The van der Waals surface area contributed by atoms with Gasteiger partial charge < -0.3 is 10.6 Å². The van der Waals surface area contributed by atoms with Gasteiger partial charge in [0, 0.05) is 31.7 Å². The third-order valence-corrected chi connectivity index (χ3v) is 4.93. The molecule has 2 heterocycles. The molecule has 3 rings (SSSR count). The van der Waals surface area contributed by atoms with Crippen molar-refractivity contribution in [3.8, 4) is 0 Å². The van der Waals surface area contributed by atoms with Crippen LogP contribution in [-0.2, 0) is 0 Å². The average molecular weight is 291 g/mol. The van der Waals surface area contributed by atoms with Crippen LogP contribution in [0.2, 0.25) is 0 Å². The Bertz CT molecular complexity index is 459. The Kier molecular flexibility index (Phi) is 4.88. The van der Waals surface area contributed by atoms with Crippen LogP contribution in [0, 0.1) is 11.7 Å². The second-order valence-corrected chi connectivity index (χ2v) is 6.38. The van der Waals surface area contributed by atoms with Crippen molar-refractivity contribution in [1.29, 1.82) is 0 Å². The van der Waals surface area contributed by atoms with E-state index in [1.807, 2.05) is 6.07 Å². The molecular formula is C17H26FN3. The molecule has 2 saturated heterocycles. The van der Waals surface area contributed by atoms with Gasteiger partial charge in [-0.1, -0.05) is 12.1 Å². The quantitative estimate of drug-likeness (QED) is 0.893. The zero-order valence-electron chi connectivity index (χ0n) is 12.8. The van der Waals surface area contributed by atoms with Gasteiger partial charge in [-0.3, -0.25) is 4.90 Å². The predicted octanol–water partition coefficient (Wildman–Crippen LogP) is 2.16. The third kappa shape index (κ3) is 3.44. The Morgan fingerprint density at radius 3 is 2.71 bits per heavy atom. The first-order valence-electron chi connectivity index (χ1n) is 8.18. The fraction of sp³-hybridized carbons (Fsp3) is 0.647. The van der Waals surface area contributed by atoms with E-state index in [2.05, 4.69) is 28.5 Å². The summed E-state index contributed by atoms with van der Waals surface area (Å²) in [5.74, 6) is 0.503. The summed E-state index contributed by atoms with van der Waals surface area (Å²) in [5, 5.41) is 6.90. The Balaban J connectivity index is 1.89. The van der Waals surface area contributed by atoms with Crippen molar-refractivity contribution < 1.29 is 4.39 Å². The molecule has 0 aromatic heterocycles. The SMILES string of the molecule is C[C@H]1CNCCN1[C@@H](c1cccc(F)c1)C1CCNCC1. The lowest BCUT2D eigenvalue weighted by molar-refractivity contribution is 0.0658. The zero-order chi connectivity index (χ0) is 14.7. The highest BCUT2D eigenvalue weighted by atomic mass is 19.1. The summed E-state index contributed by atoms with van der Waals surface area (Å²) >= 11 is 0. The molecule has 2 fully saturated rings. The van der Waals surface area contributed by atoms with E-state index in [1.165, 1.54) is 12.8 Å². The Hall–Kier alpha value is -0.970. The largest absolute Gasteiger partial charge is 0.317 e. The van der Waals surface area contributed by atoms with Crippen molar-refractivity contribution in [3.05, 3.63) is 35.6 Å². The maximum atomic E-state index is 13.7. The van der Waals surface area contributed by atoms with Crippen molar-refractivity contribution in [1.82, 2.24) is 15.5 Å². The minimum atomic E-state index is -0.116. The molecule has 1 aromatic rings. The molecule has 21 heavy (non-hydrogen) atoms. The number of hydrogen-bond acceptors (Lipinski definition) is 3. The number of halogens is 1. The van der Waals surface area contributed by atoms with Gasteiger partial charge in [0.25, 0.3) is 0 Å². The second kappa shape index (κ2) is 6.86. The van der Waals surface area contributed by atoms with Crippen molar-refractivity contribution >= 4 is 0 Å². The highest BCUT2D eigenvalue weighted by Crippen LogP contribution is 2.36. The summed E-state index contributed by atoms with van der Waals surface area (Å²) in [4.78, 5) is 2.58. The molecule has 1 aromatic carbocycles. The molecule has 0 spiro atoms. The molecule has 4 heteroatoms. The van der Waals surface area contributed by atoms with Crippen LogP contribution in [0.15, 0.2) is 24.3 Å². The van der Waals surface area contributed by atoms with Crippen LogP contribution >= 0.6 is 0 Å². The minimum absolute atomic E-state index is 0.116. The molecule has 2 atom stereocenters. The molecule has 0 amide bonds. The summed E-state index contributed by atoms with van der Waals surface area (Å²) in [6.07, 6.45) is 2.36. The lowest BCUT2D eigenvalue weighted by atomic mass is 9.84. The summed E-state index contributed by atoms with van der Waals surface area (Å²) < 4.78 is 13.7. The fourth-order valence-electron chi connectivity index (χ4n) is 3.85. The van der Waals surface area contributed by atoms with Gasteiger partial charge in [-0.25, -0.2) is 4.39 Å². The van der Waals surface area contributed by atoms with Gasteiger partial charge in [0.1, 0.15) is 5.82 Å². The van der Waals surface area contributed by atoms with Gasteiger partial charge >= 0.3 is 0 Å². The summed E-state index contributed by atoms with van der Waals surface area (Å²) in [7, 11) is 0. The molecule has 2 N–H and O–H groups in total. The Labute approximate surface area is 126 Å². The van der Waals surface area contributed by atoms with E-state index in [-0.39, 0.29) is 5.82 Å². The van der Waals surface area contributed by atoms with E-state index in [0.717, 1.165) is 38.3 Å². The zero-order valence-corrected chi connectivity index (χ0v) is 12.8. The topological polar surface area (TPSA) is 27.3 Å². The smallest absolute Gasteiger partial charge is 0.123 e. The van der Waals surface area contributed by atoms with Gasteiger partial charge in [-0.05, 0) is 56.5 Å². The standard InChI is InChI=1S/C17H26FN3/c1-13-12-20-9-10-21(13)17(14-5-7-19-8-6-14)15-3-2-4-16(18)11-15/h2-4,11,13-14,17,19-20H,5-10,12H2,1H3/t13-,17+/m0/s1. The fourth-order valence-corrected chi connectivity index (χ4v) is 3.85. The summed E-state index contributed by atoms with van der Waals surface area (Å²) in [5.41, 5.74) is 1.15. The van der Waals surface area contributed by atoms with Gasteiger partial charge in [0.05, 0.1) is 0 Å². The van der Waals surface area contributed by atoms with E-state index >= 15 is 0 Å². The minimum Gasteiger partial charge on any atom is -0.317 e. The lowest BCUT2D eigenvalue weighted by Crippen LogP contribution is -2.53. The monoisotopic (exact) mass is 291 g/mol. The number of piperidine rings is 1. The normalized spacial score (nSPS) is 26.7. The molecule has 0 saturated carbocycles. The average Bonchev–Trinajstić information content (AvgIpc) is 2.51. The molecule has 116 valence electrons. The second-order valence-electron chi connectivity index (χ2n) is 6.38. The van der Waals surface area contributed by atoms with Crippen LogP contribution in [-0.4, -0.2) is 43.7 Å². The van der Waals surface area contributed by atoms with E-state index in [4.69, 9.17) is 0 Å². The van der Waals surface area contributed by atoms with Crippen LogP contribution in [0.1, 0.15) is 31.4 Å². The van der Waals surface area contributed by atoms with E-state index in [0.29, 0.717) is 18.0 Å². The molecular weight excluding hydrogens is 265 g/mol. The maximum absolute atomic E-state index is 13.7. The summed E-state index contributed by atoms with van der Waals surface area (Å²) in [6, 6.07) is 8.09. The van der Waals surface area contributed by atoms with Gasteiger partial charge in [0.2, 0.25) is 0 Å². The van der Waals surface area contributed by atoms with Crippen molar-refractivity contribution in [3.63, 3.8) is 0 Å². The number of nitrogens with one attached hydrogen (secondary N) is 2. The van der Waals surface area contributed by atoms with Gasteiger partial charge in [0.15, 0.2) is 0 Å². The third-order valence-electron chi connectivity index (χ3n) is 4.93. The van der Waals surface area contributed by atoms with Crippen molar-refractivity contribution in [2.24, 2.45) is 5.92 Å². The first-order valence-corrected chi connectivity index (χ1v) is 8.18. The van der Waals surface area contributed by atoms with Crippen LogP contribution in [0.5, 0.6) is 0 Å². The van der Waals surface area contributed by atoms with Gasteiger partial charge in [-0.2, -0.15) is 0 Å². The number of hydrogen-bond donors (Lipinski definition) is 2. The van der Waals surface area contributed by atoms with Crippen LogP contribution in [0.4, 0.5) is 4.39 Å². The number of rotatable bonds is 3. The first kappa shape index (κ1) is 14.9. The van der Waals surface area contributed by atoms with Crippen molar-refractivity contribution in [2.45, 2.75) is 31.8 Å². The van der Waals surface area contributed by atoms with E-state index < -0.39 is 0 Å². The van der Waals surface area contributed by atoms with E-state index in [9.17, 15) is 4.39 Å². The Morgan fingerprint density at radius 1 is 1.19 bits per heavy atom. The maximum Gasteiger partial charge on any atom is 0.123 e. The Morgan fingerprint density at radius 2 is 2.00 bits per heavy atom. The first-order chi connectivity index (χ1) is 10.3. The number of nitrogens with zero attached hydrogens (tertiary/aromatic N) is 1. The molecule has 2 aliphatic rings.